The van der Waals surface area contributed by atoms with Crippen LogP contribution < -0.4 is 10.1 Å². The van der Waals surface area contributed by atoms with Gasteiger partial charge in [-0.15, -0.1) is 0 Å². The number of hydrogen-bond acceptors (Lipinski definition) is 3. The molecule has 0 aliphatic heterocycles. The van der Waals surface area contributed by atoms with Gasteiger partial charge in [0, 0.05) is 13.0 Å². The van der Waals surface area contributed by atoms with Crippen molar-refractivity contribution in [3.8, 4) is 5.75 Å². The van der Waals surface area contributed by atoms with Crippen LogP contribution in [0.2, 0.25) is 0 Å². The Morgan fingerprint density at radius 1 is 1.19 bits per heavy atom. The third-order valence-corrected chi connectivity index (χ3v) is 3.09. The summed E-state index contributed by atoms with van der Waals surface area (Å²) in [6, 6.07) is 7.64. The first-order valence-corrected chi connectivity index (χ1v) is 7.09. The lowest BCUT2D eigenvalue weighted by Gasteiger charge is -2.11. The van der Waals surface area contributed by atoms with Crippen LogP contribution in [0.15, 0.2) is 24.3 Å². The van der Waals surface area contributed by atoms with Crippen LogP contribution in [0.5, 0.6) is 5.75 Å². The number of aliphatic carboxylic acids is 1. The molecule has 116 valence electrons. The van der Waals surface area contributed by atoms with E-state index in [4.69, 9.17) is 9.84 Å². The second-order valence-corrected chi connectivity index (χ2v) is 5.52. The van der Waals surface area contributed by atoms with Gasteiger partial charge in [-0.3, -0.25) is 9.59 Å². The molecule has 1 aromatic rings. The molecule has 0 saturated heterocycles. The molecule has 1 rings (SSSR count). The van der Waals surface area contributed by atoms with E-state index in [0.717, 1.165) is 0 Å². The van der Waals surface area contributed by atoms with Crippen LogP contribution in [0, 0.1) is 5.92 Å². The molecule has 0 aromatic heterocycles. The minimum atomic E-state index is -0.863. The van der Waals surface area contributed by atoms with E-state index in [1.807, 2.05) is 24.3 Å². The van der Waals surface area contributed by atoms with E-state index in [1.54, 1.807) is 6.92 Å². The quantitative estimate of drug-likeness (QED) is 0.772. The normalized spacial score (nSPS) is 12.0. The van der Waals surface area contributed by atoms with Gasteiger partial charge in [0.05, 0.1) is 0 Å². The first-order chi connectivity index (χ1) is 9.88. The van der Waals surface area contributed by atoms with Gasteiger partial charge in [0.2, 0.25) is 0 Å². The lowest BCUT2D eigenvalue weighted by molar-refractivity contribution is -0.138. The van der Waals surface area contributed by atoms with Crippen molar-refractivity contribution in [1.29, 1.82) is 0 Å². The zero-order valence-electron chi connectivity index (χ0n) is 12.8. The van der Waals surface area contributed by atoms with Gasteiger partial charge in [0.15, 0.2) is 6.61 Å². The molecule has 0 aliphatic rings. The number of amides is 1. The van der Waals surface area contributed by atoms with Gasteiger partial charge in [0.1, 0.15) is 5.75 Å². The Balaban J connectivity index is 2.31. The van der Waals surface area contributed by atoms with Crippen LogP contribution in [0.1, 0.15) is 38.7 Å². The third-order valence-electron chi connectivity index (χ3n) is 3.09. The van der Waals surface area contributed by atoms with E-state index in [2.05, 4.69) is 19.2 Å². The Morgan fingerprint density at radius 3 is 2.33 bits per heavy atom. The molecule has 0 heterocycles. The van der Waals surface area contributed by atoms with Gasteiger partial charge >= 0.3 is 5.97 Å². The van der Waals surface area contributed by atoms with Crippen LogP contribution in [0.3, 0.4) is 0 Å². The second kappa shape index (κ2) is 8.29. The number of carbonyl (C=O) groups is 2. The fourth-order valence-corrected chi connectivity index (χ4v) is 1.81. The number of nitrogens with one attached hydrogen (secondary N) is 1. The lowest BCUT2D eigenvalue weighted by atomic mass is 10.0. The number of carbonyl (C=O) groups excluding carboxylic acids is 1. The van der Waals surface area contributed by atoms with E-state index < -0.39 is 5.97 Å². The van der Waals surface area contributed by atoms with Crippen molar-refractivity contribution in [2.24, 2.45) is 5.92 Å². The lowest BCUT2D eigenvalue weighted by Crippen LogP contribution is -2.33. The van der Waals surface area contributed by atoms with Gasteiger partial charge in [-0.2, -0.15) is 0 Å². The third kappa shape index (κ3) is 6.79. The van der Waals surface area contributed by atoms with Crippen molar-refractivity contribution in [2.75, 3.05) is 13.2 Å². The predicted octanol–water partition coefficient (Wildman–Crippen LogP) is 2.42. The second-order valence-electron chi connectivity index (χ2n) is 5.52. The average molecular weight is 293 g/mol. The van der Waals surface area contributed by atoms with Gasteiger partial charge < -0.3 is 15.2 Å². The summed E-state index contributed by atoms with van der Waals surface area (Å²) in [5.41, 5.74) is 1.22. The maximum Gasteiger partial charge on any atom is 0.303 e. The van der Waals surface area contributed by atoms with Gasteiger partial charge in [0.25, 0.3) is 5.91 Å². The Bertz CT molecular complexity index is 468. The fourth-order valence-electron chi connectivity index (χ4n) is 1.81. The van der Waals surface area contributed by atoms with Crippen molar-refractivity contribution in [3.63, 3.8) is 0 Å². The molecule has 1 atom stereocenters. The van der Waals surface area contributed by atoms with Crippen molar-refractivity contribution in [3.05, 3.63) is 29.8 Å². The van der Waals surface area contributed by atoms with Crippen molar-refractivity contribution in [1.82, 2.24) is 5.32 Å². The summed E-state index contributed by atoms with van der Waals surface area (Å²) in [4.78, 5) is 22.1. The molecule has 1 unspecified atom stereocenters. The molecule has 0 spiro atoms. The van der Waals surface area contributed by atoms with E-state index in [-0.39, 0.29) is 24.9 Å². The van der Waals surface area contributed by atoms with Gasteiger partial charge in [-0.1, -0.05) is 32.9 Å². The predicted molar refractivity (Wildman–Crippen MR) is 80.5 cm³/mol. The van der Waals surface area contributed by atoms with E-state index in [1.165, 1.54) is 5.56 Å². The zero-order valence-corrected chi connectivity index (χ0v) is 12.8. The van der Waals surface area contributed by atoms with Gasteiger partial charge in [-0.05, 0) is 29.5 Å². The zero-order chi connectivity index (χ0) is 15.8. The number of carboxylic acid groups (broad SMARTS) is 1. The summed E-state index contributed by atoms with van der Waals surface area (Å²) in [7, 11) is 0. The molecule has 5 nitrogen and oxygen atoms in total. The Labute approximate surface area is 125 Å². The highest BCUT2D eigenvalue weighted by Gasteiger charge is 2.09. The maximum absolute atomic E-state index is 11.6. The molecule has 0 radical (unpaired) electrons. The molecule has 21 heavy (non-hydrogen) atoms. The number of carboxylic acids is 1. The Kier molecular flexibility index (Phi) is 6.72. The highest BCUT2D eigenvalue weighted by Crippen LogP contribution is 2.18. The number of rotatable bonds is 8. The van der Waals surface area contributed by atoms with Gasteiger partial charge in [-0.25, -0.2) is 0 Å². The standard InChI is InChI=1S/C16H23NO4/c1-11(2)13-4-6-14(7-5-13)21-10-15(18)17-9-12(3)8-16(19)20/h4-7,11-12H,8-10H2,1-3H3,(H,17,18)(H,19,20). The molecule has 0 saturated carbocycles. The summed E-state index contributed by atoms with van der Waals surface area (Å²) in [5, 5.41) is 11.3. The highest BCUT2D eigenvalue weighted by atomic mass is 16.5. The molecule has 1 amide bonds. The molecule has 0 aliphatic carbocycles. The smallest absolute Gasteiger partial charge is 0.303 e. The number of hydrogen-bond donors (Lipinski definition) is 2. The first kappa shape index (κ1) is 17.0. The minimum Gasteiger partial charge on any atom is -0.484 e. The largest absolute Gasteiger partial charge is 0.484 e. The number of ether oxygens (including phenoxy) is 1. The van der Waals surface area contributed by atoms with Crippen LogP contribution in [-0.2, 0) is 9.59 Å². The SMILES string of the molecule is CC(CNC(=O)COc1ccc(C(C)C)cc1)CC(=O)O. The van der Waals surface area contributed by atoms with Crippen molar-refractivity contribution >= 4 is 11.9 Å². The van der Waals surface area contributed by atoms with Crippen molar-refractivity contribution < 1.29 is 19.4 Å². The number of benzene rings is 1. The molecule has 2 N–H and O–H groups in total. The van der Waals surface area contributed by atoms with E-state index >= 15 is 0 Å². The summed E-state index contributed by atoms with van der Waals surface area (Å²) in [5.74, 6) is -0.110. The molecule has 1 aromatic carbocycles. The molecule has 5 heteroatoms. The van der Waals surface area contributed by atoms with E-state index in [9.17, 15) is 9.59 Å². The molecular weight excluding hydrogens is 270 g/mol. The molecular formula is C16H23NO4. The van der Waals surface area contributed by atoms with Crippen LogP contribution >= 0.6 is 0 Å². The molecule has 0 bridgehead atoms. The topological polar surface area (TPSA) is 75.6 Å². The Hall–Kier alpha value is -2.04. The Morgan fingerprint density at radius 2 is 1.81 bits per heavy atom. The summed E-state index contributed by atoms with van der Waals surface area (Å²) in [6.07, 6.45) is 0.0395. The van der Waals surface area contributed by atoms with Crippen LogP contribution in [-0.4, -0.2) is 30.1 Å². The average Bonchev–Trinajstić information content (AvgIpc) is 2.42. The summed E-state index contributed by atoms with van der Waals surface area (Å²) >= 11 is 0. The highest BCUT2D eigenvalue weighted by molar-refractivity contribution is 5.77. The van der Waals surface area contributed by atoms with Crippen LogP contribution in [0.4, 0.5) is 0 Å². The monoisotopic (exact) mass is 293 g/mol. The van der Waals surface area contributed by atoms with Crippen LogP contribution in [0.25, 0.3) is 0 Å². The first-order valence-electron chi connectivity index (χ1n) is 7.09. The van der Waals surface area contributed by atoms with E-state index in [0.29, 0.717) is 18.2 Å². The minimum absolute atomic E-state index is 0.0395. The fraction of sp³-hybridized carbons (Fsp3) is 0.500. The summed E-state index contributed by atoms with van der Waals surface area (Å²) < 4.78 is 5.39. The molecule has 0 fully saturated rings. The summed E-state index contributed by atoms with van der Waals surface area (Å²) in [6.45, 7) is 6.27. The maximum atomic E-state index is 11.6. The van der Waals surface area contributed by atoms with Crippen molar-refractivity contribution in [2.45, 2.75) is 33.1 Å².